The summed E-state index contributed by atoms with van der Waals surface area (Å²) in [7, 11) is 0. The van der Waals surface area contributed by atoms with Gasteiger partial charge in [-0.25, -0.2) is 4.98 Å². The van der Waals surface area contributed by atoms with Gasteiger partial charge in [-0.2, -0.15) is 0 Å². The number of rotatable bonds is 3. The summed E-state index contributed by atoms with van der Waals surface area (Å²) in [5.74, 6) is 0.663. The van der Waals surface area contributed by atoms with Gasteiger partial charge in [0.25, 0.3) is 0 Å². The van der Waals surface area contributed by atoms with Crippen molar-refractivity contribution in [3.05, 3.63) is 10.4 Å². The summed E-state index contributed by atoms with van der Waals surface area (Å²) in [5, 5.41) is 3.06. The maximum absolute atomic E-state index is 5.45. The molecule has 1 aromatic heterocycles. The van der Waals surface area contributed by atoms with E-state index in [9.17, 15) is 0 Å². The van der Waals surface area contributed by atoms with Crippen molar-refractivity contribution in [3.8, 4) is 0 Å². The van der Waals surface area contributed by atoms with Crippen LogP contribution in [0.15, 0.2) is 5.38 Å². The van der Waals surface area contributed by atoms with Gasteiger partial charge in [-0.05, 0) is 12.8 Å². The lowest BCUT2D eigenvalue weighted by molar-refractivity contribution is 0.790. The second-order valence-corrected chi connectivity index (χ2v) is 3.21. The van der Waals surface area contributed by atoms with Crippen molar-refractivity contribution in [3.63, 3.8) is 0 Å². The van der Waals surface area contributed by atoms with Gasteiger partial charge in [-0.15, -0.1) is 11.3 Å². The van der Waals surface area contributed by atoms with Gasteiger partial charge in [-0.3, -0.25) is 0 Å². The largest absolute Gasteiger partial charge is 0.383 e. The van der Waals surface area contributed by atoms with E-state index in [1.807, 2.05) is 5.38 Å². The number of aromatic nitrogens is 1. The number of nitrogens with zero attached hydrogens (tertiary/aromatic N) is 1. The van der Waals surface area contributed by atoms with Crippen molar-refractivity contribution in [2.45, 2.75) is 26.2 Å². The Kier molecular flexibility index (Phi) is 2.68. The van der Waals surface area contributed by atoms with Crippen LogP contribution in [0.1, 0.15) is 24.8 Å². The standard InChI is InChI=1S/C7H12N2S/c1-2-3-4-7-9-6(8)5-10-7/h5H,2-4,8H2,1H3. The van der Waals surface area contributed by atoms with Crippen LogP contribution in [0.4, 0.5) is 5.82 Å². The number of unbranched alkanes of at least 4 members (excludes halogenated alkanes) is 1. The molecule has 0 radical (unpaired) electrons. The fraction of sp³-hybridized carbons (Fsp3) is 0.571. The lowest BCUT2D eigenvalue weighted by atomic mass is 10.3. The quantitative estimate of drug-likeness (QED) is 0.727. The molecule has 0 atom stereocenters. The molecular formula is C7H12N2S. The van der Waals surface area contributed by atoms with Gasteiger partial charge in [0.15, 0.2) is 0 Å². The van der Waals surface area contributed by atoms with E-state index in [0.29, 0.717) is 5.82 Å². The third-order valence-corrected chi connectivity index (χ3v) is 2.24. The average molecular weight is 156 g/mol. The first-order valence-electron chi connectivity index (χ1n) is 3.53. The number of anilines is 1. The fourth-order valence-electron chi connectivity index (χ4n) is 0.768. The molecule has 1 rings (SSSR count). The summed E-state index contributed by atoms with van der Waals surface area (Å²) in [4.78, 5) is 4.14. The number of thiazole rings is 1. The van der Waals surface area contributed by atoms with E-state index in [-0.39, 0.29) is 0 Å². The van der Waals surface area contributed by atoms with Gasteiger partial charge in [0, 0.05) is 5.38 Å². The third kappa shape index (κ3) is 1.99. The van der Waals surface area contributed by atoms with Crippen LogP contribution >= 0.6 is 11.3 Å². The zero-order chi connectivity index (χ0) is 7.40. The van der Waals surface area contributed by atoms with Gasteiger partial charge in [0.2, 0.25) is 0 Å². The minimum Gasteiger partial charge on any atom is -0.383 e. The number of nitrogens with two attached hydrogens (primary N) is 1. The summed E-state index contributed by atoms with van der Waals surface area (Å²) < 4.78 is 0. The summed E-state index contributed by atoms with van der Waals surface area (Å²) in [6.07, 6.45) is 3.52. The lowest BCUT2D eigenvalue weighted by Crippen LogP contribution is -1.86. The van der Waals surface area contributed by atoms with Crippen molar-refractivity contribution >= 4 is 17.2 Å². The Bertz CT molecular complexity index is 195. The van der Waals surface area contributed by atoms with E-state index >= 15 is 0 Å². The predicted octanol–water partition coefficient (Wildman–Crippen LogP) is 2.07. The van der Waals surface area contributed by atoms with Gasteiger partial charge < -0.3 is 5.73 Å². The SMILES string of the molecule is CCCCc1nc(N)cs1. The van der Waals surface area contributed by atoms with E-state index in [4.69, 9.17) is 5.73 Å². The normalized spacial score (nSPS) is 10.1. The van der Waals surface area contributed by atoms with Crippen molar-refractivity contribution < 1.29 is 0 Å². The van der Waals surface area contributed by atoms with Crippen LogP contribution in [0, 0.1) is 0 Å². The van der Waals surface area contributed by atoms with Crippen molar-refractivity contribution in [1.82, 2.24) is 4.98 Å². The van der Waals surface area contributed by atoms with Gasteiger partial charge in [0.1, 0.15) is 5.82 Å². The molecule has 0 aliphatic heterocycles. The second-order valence-electron chi connectivity index (χ2n) is 2.27. The molecule has 0 fully saturated rings. The van der Waals surface area contributed by atoms with Crippen LogP contribution in [0.25, 0.3) is 0 Å². The maximum atomic E-state index is 5.45. The molecule has 0 spiro atoms. The highest BCUT2D eigenvalue weighted by atomic mass is 32.1. The highest BCUT2D eigenvalue weighted by Crippen LogP contribution is 2.12. The molecule has 3 heteroatoms. The Balaban J connectivity index is 2.42. The molecule has 0 saturated heterocycles. The molecule has 0 unspecified atom stereocenters. The molecule has 0 aliphatic rings. The average Bonchev–Trinajstić information content (AvgIpc) is 2.31. The molecule has 1 heterocycles. The molecule has 0 saturated carbocycles. The molecule has 2 nitrogen and oxygen atoms in total. The number of aryl methyl sites for hydroxylation is 1. The van der Waals surface area contributed by atoms with Crippen molar-refractivity contribution in [2.24, 2.45) is 0 Å². The first-order chi connectivity index (χ1) is 4.83. The summed E-state index contributed by atoms with van der Waals surface area (Å²) >= 11 is 1.65. The lowest BCUT2D eigenvalue weighted by Gasteiger charge is -1.89. The van der Waals surface area contributed by atoms with Gasteiger partial charge >= 0.3 is 0 Å². The molecule has 1 aromatic rings. The van der Waals surface area contributed by atoms with Crippen molar-refractivity contribution in [2.75, 3.05) is 5.73 Å². The van der Waals surface area contributed by atoms with Crippen LogP contribution in [0.3, 0.4) is 0 Å². The molecule has 2 N–H and O–H groups in total. The van der Waals surface area contributed by atoms with Crippen LogP contribution in [-0.4, -0.2) is 4.98 Å². The Labute approximate surface area is 65.1 Å². The van der Waals surface area contributed by atoms with Crippen LogP contribution in [0.2, 0.25) is 0 Å². The van der Waals surface area contributed by atoms with E-state index in [2.05, 4.69) is 11.9 Å². The molecule has 0 aromatic carbocycles. The van der Waals surface area contributed by atoms with Crippen molar-refractivity contribution in [1.29, 1.82) is 0 Å². The first-order valence-corrected chi connectivity index (χ1v) is 4.40. The molecule has 56 valence electrons. The molecule has 0 aliphatic carbocycles. The fourth-order valence-corrected chi connectivity index (χ4v) is 1.50. The number of hydrogen-bond donors (Lipinski definition) is 1. The zero-order valence-corrected chi connectivity index (χ0v) is 6.95. The predicted molar refractivity (Wildman–Crippen MR) is 45.1 cm³/mol. The third-order valence-electron chi connectivity index (χ3n) is 1.31. The van der Waals surface area contributed by atoms with Gasteiger partial charge in [0.05, 0.1) is 5.01 Å². The molecule has 0 amide bonds. The first kappa shape index (κ1) is 7.54. The molecular weight excluding hydrogens is 144 g/mol. The van der Waals surface area contributed by atoms with E-state index in [0.717, 1.165) is 6.42 Å². The van der Waals surface area contributed by atoms with E-state index < -0.39 is 0 Å². The monoisotopic (exact) mass is 156 g/mol. The Morgan fingerprint density at radius 2 is 2.50 bits per heavy atom. The van der Waals surface area contributed by atoms with Gasteiger partial charge in [-0.1, -0.05) is 13.3 Å². The minimum absolute atomic E-state index is 0.663. The molecule has 0 bridgehead atoms. The van der Waals surface area contributed by atoms with Crippen LogP contribution < -0.4 is 5.73 Å². The highest BCUT2D eigenvalue weighted by molar-refractivity contribution is 7.10. The summed E-state index contributed by atoms with van der Waals surface area (Å²) in [6, 6.07) is 0. The maximum Gasteiger partial charge on any atom is 0.134 e. The topological polar surface area (TPSA) is 38.9 Å². The minimum atomic E-state index is 0.663. The van der Waals surface area contributed by atoms with Crippen LogP contribution in [-0.2, 0) is 6.42 Å². The smallest absolute Gasteiger partial charge is 0.134 e. The zero-order valence-electron chi connectivity index (χ0n) is 6.13. The number of hydrogen-bond acceptors (Lipinski definition) is 3. The van der Waals surface area contributed by atoms with E-state index in [1.165, 1.54) is 17.8 Å². The Morgan fingerprint density at radius 1 is 1.70 bits per heavy atom. The second kappa shape index (κ2) is 3.56. The Morgan fingerprint density at radius 3 is 3.00 bits per heavy atom. The van der Waals surface area contributed by atoms with E-state index in [1.54, 1.807) is 11.3 Å². The van der Waals surface area contributed by atoms with Crippen LogP contribution in [0.5, 0.6) is 0 Å². The molecule has 10 heavy (non-hydrogen) atoms. The summed E-state index contributed by atoms with van der Waals surface area (Å²) in [6.45, 7) is 2.18. The number of nitrogen functional groups attached to an aromatic ring is 1. The Hall–Kier alpha value is -0.570. The summed E-state index contributed by atoms with van der Waals surface area (Å²) in [5.41, 5.74) is 5.45. The highest BCUT2D eigenvalue weighted by Gasteiger charge is 1.96.